The fraction of sp³-hybridized carbons (Fsp3) is 0.294. The molecule has 10 heteroatoms. The molecular weight excluding hydrogens is 456 g/mol. The second-order valence-corrected chi connectivity index (χ2v) is 9.62. The molecule has 2 rings (SSSR count). The van der Waals surface area contributed by atoms with Crippen molar-refractivity contribution in [3.63, 3.8) is 0 Å². The first kappa shape index (κ1) is 21.5. The van der Waals surface area contributed by atoms with Crippen molar-refractivity contribution in [3.05, 3.63) is 45.2 Å². The van der Waals surface area contributed by atoms with Gasteiger partial charge in [0.15, 0.2) is 0 Å². The Morgan fingerprint density at radius 1 is 1.26 bits per heavy atom. The average Bonchev–Trinajstić information content (AvgIpc) is 2.95. The maximum Gasteiger partial charge on any atom is 0.348 e. The Bertz CT molecular complexity index is 939. The zero-order valence-electron chi connectivity index (χ0n) is 15.0. The summed E-state index contributed by atoms with van der Waals surface area (Å²) >= 11 is 4.34. The number of esters is 1. The Kier molecular flexibility index (Phi) is 7.15. The van der Waals surface area contributed by atoms with Gasteiger partial charge in [0.05, 0.1) is 23.0 Å². The molecule has 146 valence electrons. The molecule has 1 aromatic heterocycles. The van der Waals surface area contributed by atoms with Gasteiger partial charge in [0.2, 0.25) is 15.9 Å². The lowest BCUT2D eigenvalue weighted by molar-refractivity contribution is -0.116. The molecule has 7 nitrogen and oxygen atoms in total. The molecule has 0 aliphatic carbocycles. The van der Waals surface area contributed by atoms with E-state index in [-0.39, 0.29) is 18.0 Å². The summed E-state index contributed by atoms with van der Waals surface area (Å²) < 4.78 is 31.7. The predicted octanol–water partition coefficient (Wildman–Crippen LogP) is 3.25. The first-order valence-electron chi connectivity index (χ1n) is 7.94. The van der Waals surface area contributed by atoms with E-state index in [0.29, 0.717) is 15.4 Å². The zero-order chi connectivity index (χ0) is 20.2. The molecule has 1 heterocycles. The fourth-order valence-corrected chi connectivity index (χ4v) is 4.57. The number of carbonyl (C=O) groups is 2. The van der Waals surface area contributed by atoms with Crippen molar-refractivity contribution in [2.45, 2.75) is 18.7 Å². The van der Waals surface area contributed by atoms with Crippen LogP contribution in [0.4, 0.5) is 5.00 Å². The average molecular weight is 475 g/mol. The van der Waals surface area contributed by atoms with Gasteiger partial charge in [0.1, 0.15) is 4.88 Å². The number of benzene rings is 1. The number of carbonyl (C=O) groups excluding carboxylic acids is 2. The quantitative estimate of drug-likeness (QED) is 0.621. The van der Waals surface area contributed by atoms with E-state index in [2.05, 4.69) is 21.2 Å². The number of thiophene rings is 1. The van der Waals surface area contributed by atoms with E-state index in [9.17, 15) is 18.0 Å². The van der Waals surface area contributed by atoms with Crippen LogP contribution in [0.2, 0.25) is 0 Å². The van der Waals surface area contributed by atoms with Gasteiger partial charge >= 0.3 is 5.97 Å². The van der Waals surface area contributed by atoms with Gasteiger partial charge in [-0.2, -0.15) is 4.31 Å². The molecule has 27 heavy (non-hydrogen) atoms. The lowest BCUT2D eigenvalue weighted by Gasteiger charge is -2.16. The number of anilines is 1. The minimum absolute atomic E-state index is 0.0950. The minimum atomic E-state index is -3.79. The van der Waals surface area contributed by atoms with E-state index in [4.69, 9.17) is 4.74 Å². The molecule has 0 atom stereocenters. The van der Waals surface area contributed by atoms with Crippen molar-refractivity contribution >= 4 is 54.2 Å². The number of hydrogen-bond acceptors (Lipinski definition) is 6. The summed E-state index contributed by atoms with van der Waals surface area (Å²) in [5, 5.41) is 3.08. The molecule has 0 aliphatic rings. The smallest absolute Gasteiger partial charge is 0.348 e. The summed E-state index contributed by atoms with van der Waals surface area (Å²) in [4.78, 5) is 24.6. The molecule has 1 amide bonds. The molecular formula is C17H19BrN2O5S2. The normalized spacial score (nSPS) is 11.4. The van der Waals surface area contributed by atoms with Crippen LogP contribution in [0.1, 0.15) is 22.2 Å². The van der Waals surface area contributed by atoms with Gasteiger partial charge in [-0.3, -0.25) is 4.79 Å². The Balaban J connectivity index is 2.06. The van der Waals surface area contributed by atoms with Crippen LogP contribution in [0, 0.1) is 6.92 Å². The fourth-order valence-electron chi connectivity index (χ4n) is 2.19. The predicted molar refractivity (Wildman–Crippen MR) is 108 cm³/mol. The van der Waals surface area contributed by atoms with Crippen LogP contribution >= 0.6 is 27.3 Å². The molecule has 0 aliphatic heterocycles. The number of nitrogens with zero attached hydrogens (tertiary/aromatic N) is 1. The zero-order valence-corrected chi connectivity index (χ0v) is 18.2. The van der Waals surface area contributed by atoms with Gasteiger partial charge in [-0.05, 0) is 49.7 Å². The van der Waals surface area contributed by atoms with Gasteiger partial charge in [-0.25, -0.2) is 13.2 Å². The number of nitrogens with one attached hydrogen (secondary N) is 1. The third-order valence-corrected chi connectivity index (χ3v) is 7.01. The molecule has 0 spiro atoms. The summed E-state index contributed by atoms with van der Waals surface area (Å²) in [6.45, 7) is 3.36. The second kappa shape index (κ2) is 8.96. The van der Waals surface area contributed by atoms with Crippen LogP contribution in [0.5, 0.6) is 0 Å². The van der Waals surface area contributed by atoms with E-state index in [1.165, 1.54) is 19.2 Å². The molecule has 2 aromatic rings. The Morgan fingerprint density at radius 3 is 2.48 bits per heavy atom. The van der Waals surface area contributed by atoms with E-state index >= 15 is 0 Å². The van der Waals surface area contributed by atoms with Crippen molar-refractivity contribution in [1.29, 1.82) is 0 Å². The van der Waals surface area contributed by atoms with Crippen LogP contribution in [0.15, 0.2) is 39.7 Å². The molecule has 0 saturated heterocycles. The SMILES string of the molecule is CCOC(=O)c1sc(NC(=O)CN(C)S(=O)(=O)c2ccc(Br)cc2)cc1C. The summed E-state index contributed by atoms with van der Waals surface area (Å²) in [5.74, 6) is -0.953. The maximum atomic E-state index is 12.5. The highest BCUT2D eigenvalue weighted by molar-refractivity contribution is 9.10. The number of rotatable bonds is 7. The Morgan fingerprint density at radius 2 is 1.89 bits per heavy atom. The number of halogens is 1. The molecule has 0 fully saturated rings. The van der Waals surface area contributed by atoms with Crippen molar-refractivity contribution in [2.75, 3.05) is 25.5 Å². The van der Waals surface area contributed by atoms with Crippen LogP contribution in [-0.2, 0) is 19.6 Å². The molecule has 1 aromatic carbocycles. The number of likely N-dealkylation sites (N-methyl/N-ethyl adjacent to an activating group) is 1. The molecule has 0 bridgehead atoms. The van der Waals surface area contributed by atoms with Gasteiger partial charge in [0, 0.05) is 11.5 Å². The van der Waals surface area contributed by atoms with E-state index in [1.807, 2.05) is 0 Å². The van der Waals surface area contributed by atoms with Crippen LogP contribution in [0.3, 0.4) is 0 Å². The molecule has 0 radical (unpaired) electrons. The van der Waals surface area contributed by atoms with Gasteiger partial charge in [-0.15, -0.1) is 11.3 Å². The second-order valence-electron chi connectivity index (χ2n) is 5.61. The first-order chi connectivity index (χ1) is 12.6. The van der Waals surface area contributed by atoms with E-state index in [1.54, 1.807) is 32.0 Å². The van der Waals surface area contributed by atoms with Gasteiger partial charge in [0.25, 0.3) is 0 Å². The molecule has 0 saturated carbocycles. The van der Waals surface area contributed by atoms with Crippen molar-refractivity contribution in [3.8, 4) is 0 Å². The summed E-state index contributed by atoms with van der Waals surface area (Å²) in [7, 11) is -2.45. The maximum absolute atomic E-state index is 12.5. The van der Waals surface area contributed by atoms with Gasteiger partial charge in [-0.1, -0.05) is 15.9 Å². The largest absolute Gasteiger partial charge is 0.462 e. The van der Waals surface area contributed by atoms with E-state index < -0.39 is 21.9 Å². The van der Waals surface area contributed by atoms with Crippen LogP contribution < -0.4 is 5.32 Å². The van der Waals surface area contributed by atoms with Crippen molar-refractivity contribution in [2.24, 2.45) is 0 Å². The number of ether oxygens (including phenoxy) is 1. The monoisotopic (exact) mass is 474 g/mol. The number of hydrogen-bond donors (Lipinski definition) is 1. The van der Waals surface area contributed by atoms with Crippen molar-refractivity contribution < 1.29 is 22.7 Å². The number of amides is 1. The lowest BCUT2D eigenvalue weighted by Crippen LogP contribution is -2.34. The van der Waals surface area contributed by atoms with E-state index in [0.717, 1.165) is 20.1 Å². The number of sulfonamides is 1. The number of aryl methyl sites for hydroxylation is 1. The Labute approximate surface area is 170 Å². The summed E-state index contributed by atoms with van der Waals surface area (Å²) in [6.07, 6.45) is 0. The molecule has 0 unspecified atom stereocenters. The van der Waals surface area contributed by atoms with Gasteiger partial charge < -0.3 is 10.1 Å². The highest BCUT2D eigenvalue weighted by Crippen LogP contribution is 2.27. The summed E-state index contributed by atoms with van der Waals surface area (Å²) in [6, 6.07) is 7.81. The third-order valence-electron chi connectivity index (χ3n) is 3.53. The standard InChI is InChI=1S/C17H19BrN2O5S2/c1-4-25-17(22)16-11(2)9-15(26-16)19-14(21)10-20(3)27(23,24)13-7-5-12(18)6-8-13/h5-9H,4,10H2,1-3H3,(H,19,21). The molecule has 1 N–H and O–H groups in total. The first-order valence-corrected chi connectivity index (χ1v) is 11.0. The minimum Gasteiger partial charge on any atom is -0.462 e. The lowest BCUT2D eigenvalue weighted by atomic mass is 10.3. The highest BCUT2D eigenvalue weighted by Gasteiger charge is 2.23. The van der Waals surface area contributed by atoms with Crippen LogP contribution in [0.25, 0.3) is 0 Å². The summed E-state index contributed by atoms with van der Waals surface area (Å²) in [5.41, 5.74) is 0.685. The Hall–Kier alpha value is -1.75. The topological polar surface area (TPSA) is 92.8 Å². The third kappa shape index (κ3) is 5.38. The van der Waals surface area contributed by atoms with Crippen molar-refractivity contribution in [1.82, 2.24) is 4.31 Å². The van der Waals surface area contributed by atoms with Crippen LogP contribution in [-0.4, -0.2) is 44.8 Å². The highest BCUT2D eigenvalue weighted by atomic mass is 79.9.